The van der Waals surface area contributed by atoms with Crippen LogP contribution in [-0.2, 0) is 0 Å². The van der Waals surface area contributed by atoms with Crippen molar-refractivity contribution in [2.45, 2.75) is 25.3 Å². The average molecular weight is 266 g/mol. The summed E-state index contributed by atoms with van der Waals surface area (Å²) < 4.78 is 18.7. The highest BCUT2D eigenvalue weighted by Crippen LogP contribution is 2.20. The summed E-state index contributed by atoms with van der Waals surface area (Å²) in [5.74, 6) is -0.527. The number of halogens is 1. The lowest BCUT2D eigenvalue weighted by Crippen LogP contribution is -2.52. The van der Waals surface area contributed by atoms with Gasteiger partial charge in [0.15, 0.2) is 0 Å². The van der Waals surface area contributed by atoms with Crippen LogP contribution in [0.3, 0.4) is 0 Å². The minimum absolute atomic E-state index is 0.0561. The number of hydrogen-bond donors (Lipinski definition) is 2. The Morgan fingerprint density at radius 1 is 1.42 bits per heavy atom. The van der Waals surface area contributed by atoms with Gasteiger partial charge in [-0.05, 0) is 45.0 Å². The fourth-order valence-electron chi connectivity index (χ4n) is 2.25. The Kier molecular flexibility index (Phi) is 4.04. The third kappa shape index (κ3) is 3.23. The van der Waals surface area contributed by atoms with Crippen molar-refractivity contribution < 1.29 is 13.9 Å². The minimum atomic E-state index is -0.561. The van der Waals surface area contributed by atoms with Crippen molar-refractivity contribution in [1.29, 1.82) is 0 Å². The molecule has 19 heavy (non-hydrogen) atoms. The molecule has 1 aliphatic heterocycles. The van der Waals surface area contributed by atoms with E-state index in [0.717, 1.165) is 25.9 Å². The quantitative estimate of drug-likeness (QED) is 0.875. The summed E-state index contributed by atoms with van der Waals surface area (Å²) in [6, 6.07) is 4.26. The first-order valence-corrected chi connectivity index (χ1v) is 6.41. The summed E-state index contributed by atoms with van der Waals surface area (Å²) in [5, 5.41) is 6.17. The Morgan fingerprint density at radius 3 is 2.68 bits per heavy atom. The normalized spacial score (nSPS) is 17.8. The number of methoxy groups -OCH3 is 1. The van der Waals surface area contributed by atoms with E-state index in [-0.39, 0.29) is 17.0 Å². The van der Waals surface area contributed by atoms with Gasteiger partial charge in [0.1, 0.15) is 11.6 Å². The largest absolute Gasteiger partial charge is 0.497 e. The third-order valence-corrected chi connectivity index (χ3v) is 3.54. The van der Waals surface area contributed by atoms with Gasteiger partial charge >= 0.3 is 0 Å². The van der Waals surface area contributed by atoms with Gasteiger partial charge in [-0.3, -0.25) is 4.79 Å². The summed E-state index contributed by atoms with van der Waals surface area (Å²) in [5.41, 5.74) is -0.213. The van der Waals surface area contributed by atoms with Crippen LogP contribution in [0.2, 0.25) is 0 Å². The number of carbonyl (C=O) groups is 1. The Morgan fingerprint density at radius 2 is 2.11 bits per heavy atom. The van der Waals surface area contributed by atoms with E-state index in [1.165, 1.54) is 19.2 Å². The van der Waals surface area contributed by atoms with E-state index in [1.807, 2.05) is 6.92 Å². The van der Waals surface area contributed by atoms with Crippen LogP contribution in [0.25, 0.3) is 0 Å². The molecule has 1 fully saturated rings. The van der Waals surface area contributed by atoms with Crippen LogP contribution in [-0.4, -0.2) is 31.6 Å². The van der Waals surface area contributed by atoms with Gasteiger partial charge in [-0.2, -0.15) is 0 Å². The van der Waals surface area contributed by atoms with Crippen molar-refractivity contribution in [3.05, 3.63) is 29.6 Å². The number of ether oxygens (including phenoxy) is 1. The lowest BCUT2D eigenvalue weighted by Gasteiger charge is -2.35. The molecule has 0 saturated carbocycles. The second-order valence-corrected chi connectivity index (χ2v) is 5.11. The van der Waals surface area contributed by atoms with Crippen LogP contribution >= 0.6 is 0 Å². The van der Waals surface area contributed by atoms with Gasteiger partial charge < -0.3 is 15.4 Å². The molecule has 0 spiro atoms. The third-order valence-electron chi connectivity index (χ3n) is 3.54. The molecule has 0 atom stereocenters. The van der Waals surface area contributed by atoms with Gasteiger partial charge in [-0.1, -0.05) is 0 Å². The molecule has 0 unspecified atom stereocenters. The molecule has 1 amide bonds. The minimum Gasteiger partial charge on any atom is -0.497 e. The summed E-state index contributed by atoms with van der Waals surface area (Å²) in [6.07, 6.45) is 1.69. The molecule has 0 aromatic heterocycles. The zero-order valence-electron chi connectivity index (χ0n) is 11.3. The highest BCUT2D eigenvalue weighted by Gasteiger charge is 2.29. The van der Waals surface area contributed by atoms with E-state index in [0.29, 0.717) is 5.75 Å². The topological polar surface area (TPSA) is 50.4 Å². The van der Waals surface area contributed by atoms with Crippen LogP contribution in [0.5, 0.6) is 5.75 Å². The molecule has 1 heterocycles. The van der Waals surface area contributed by atoms with Gasteiger partial charge in [-0.25, -0.2) is 4.39 Å². The molecule has 1 aromatic carbocycles. The van der Waals surface area contributed by atoms with Crippen molar-refractivity contribution in [3.8, 4) is 5.75 Å². The molecule has 104 valence electrons. The maximum Gasteiger partial charge on any atom is 0.254 e. The standard InChI is InChI=1S/C14H19FN2O2/c1-14(5-7-16-8-6-14)17-13(18)11-4-3-10(19-2)9-12(11)15/h3-4,9,16H,5-8H2,1-2H3,(H,17,18). The highest BCUT2D eigenvalue weighted by molar-refractivity contribution is 5.95. The van der Waals surface area contributed by atoms with Gasteiger partial charge in [0, 0.05) is 11.6 Å². The lowest BCUT2D eigenvalue weighted by atomic mass is 9.90. The number of hydrogen-bond acceptors (Lipinski definition) is 3. The Bertz CT molecular complexity index is 471. The fourth-order valence-corrected chi connectivity index (χ4v) is 2.25. The van der Waals surface area contributed by atoms with Gasteiger partial charge in [0.25, 0.3) is 5.91 Å². The number of carbonyl (C=O) groups excluding carboxylic acids is 1. The van der Waals surface area contributed by atoms with Crippen molar-refractivity contribution in [2.24, 2.45) is 0 Å². The zero-order valence-corrected chi connectivity index (χ0v) is 11.3. The first kappa shape index (κ1) is 13.8. The van der Waals surface area contributed by atoms with E-state index in [4.69, 9.17) is 4.74 Å². The van der Waals surface area contributed by atoms with Gasteiger partial charge in [0.05, 0.1) is 12.7 Å². The van der Waals surface area contributed by atoms with Crippen LogP contribution in [0.15, 0.2) is 18.2 Å². The maximum absolute atomic E-state index is 13.8. The SMILES string of the molecule is COc1ccc(C(=O)NC2(C)CCNCC2)c(F)c1. The second-order valence-electron chi connectivity index (χ2n) is 5.11. The van der Waals surface area contributed by atoms with Crippen molar-refractivity contribution in [2.75, 3.05) is 20.2 Å². The van der Waals surface area contributed by atoms with Gasteiger partial charge in [0.2, 0.25) is 0 Å². The number of benzene rings is 1. The monoisotopic (exact) mass is 266 g/mol. The van der Waals surface area contributed by atoms with E-state index in [1.54, 1.807) is 6.07 Å². The average Bonchev–Trinajstić information content (AvgIpc) is 2.38. The summed E-state index contributed by atoms with van der Waals surface area (Å²) in [7, 11) is 1.46. The summed E-state index contributed by atoms with van der Waals surface area (Å²) in [6.45, 7) is 3.72. The second kappa shape index (κ2) is 5.57. The Balaban J connectivity index is 2.11. The summed E-state index contributed by atoms with van der Waals surface area (Å²) in [4.78, 5) is 12.1. The molecule has 0 radical (unpaired) electrons. The lowest BCUT2D eigenvalue weighted by molar-refractivity contribution is 0.0883. The van der Waals surface area contributed by atoms with Crippen molar-refractivity contribution in [3.63, 3.8) is 0 Å². The smallest absolute Gasteiger partial charge is 0.254 e. The van der Waals surface area contributed by atoms with E-state index in [9.17, 15) is 9.18 Å². The van der Waals surface area contributed by atoms with Gasteiger partial charge in [-0.15, -0.1) is 0 Å². The molecule has 2 rings (SSSR count). The van der Waals surface area contributed by atoms with Crippen molar-refractivity contribution >= 4 is 5.91 Å². The maximum atomic E-state index is 13.8. The number of rotatable bonds is 3. The molecule has 1 aromatic rings. The van der Waals surface area contributed by atoms with E-state index in [2.05, 4.69) is 10.6 Å². The molecular formula is C14H19FN2O2. The first-order chi connectivity index (χ1) is 9.04. The van der Waals surface area contributed by atoms with Crippen LogP contribution in [0.4, 0.5) is 4.39 Å². The molecule has 5 heteroatoms. The van der Waals surface area contributed by atoms with Crippen LogP contribution < -0.4 is 15.4 Å². The first-order valence-electron chi connectivity index (χ1n) is 6.41. The predicted molar refractivity (Wildman–Crippen MR) is 70.9 cm³/mol. The molecule has 1 saturated heterocycles. The molecule has 0 aliphatic carbocycles. The molecule has 0 bridgehead atoms. The number of nitrogens with one attached hydrogen (secondary N) is 2. The Labute approximate surface area is 112 Å². The molecule has 4 nitrogen and oxygen atoms in total. The predicted octanol–water partition coefficient (Wildman–Crippen LogP) is 1.71. The Hall–Kier alpha value is -1.62. The molecule has 1 aliphatic rings. The molecule has 2 N–H and O–H groups in total. The van der Waals surface area contributed by atoms with E-state index < -0.39 is 5.82 Å². The number of amides is 1. The number of piperidine rings is 1. The van der Waals surface area contributed by atoms with Crippen LogP contribution in [0, 0.1) is 5.82 Å². The zero-order chi connectivity index (χ0) is 13.9. The van der Waals surface area contributed by atoms with Crippen molar-refractivity contribution in [1.82, 2.24) is 10.6 Å². The summed E-state index contributed by atoms with van der Waals surface area (Å²) >= 11 is 0. The van der Waals surface area contributed by atoms with Crippen LogP contribution in [0.1, 0.15) is 30.1 Å². The van der Waals surface area contributed by atoms with E-state index >= 15 is 0 Å². The molecular weight excluding hydrogens is 247 g/mol. The fraction of sp³-hybridized carbons (Fsp3) is 0.500. The highest BCUT2D eigenvalue weighted by atomic mass is 19.1.